The molecule has 1 amide bonds. The van der Waals surface area contributed by atoms with Crippen LogP contribution in [0, 0.1) is 16.6 Å². The maximum absolute atomic E-state index is 12.9. The van der Waals surface area contributed by atoms with Crippen molar-refractivity contribution in [3.05, 3.63) is 30.1 Å². The molecule has 1 aliphatic heterocycles. The lowest BCUT2D eigenvalue weighted by Gasteiger charge is -2.27. The van der Waals surface area contributed by atoms with Gasteiger partial charge in [-0.1, -0.05) is 6.92 Å². The van der Waals surface area contributed by atoms with Crippen LogP contribution < -0.4 is 10.6 Å². The van der Waals surface area contributed by atoms with Gasteiger partial charge in [0.05, 0.1) is 16.1 Å². The summed E-state index contributed by atoms with van der Waals surface area (Å²) in [5, 5.41) is 6.09. The Labute approximate surface area is 141 Å². The van der Waals surface area contributed by atoms with Crippen LogP contribution in [0.25, 0.3) is 0 Å². The molecular formula is C17H23FN2O3S. The molecule has 2 aliphatic rings. The van der Waals surface area contributed by atoms with E-state index >= 15 is 0 Å². The van der Waals surface area contributed by atoms with Crippen LogP contribution in [0.15, 0.2) is 29.2 Å². The highest BCUT2D eigenvalue weighted by Gasteiger charge is 2.67. The van der Waals surface area contributed by atoms with Crippen molar-refractivity contribution < 1.29 is 17.6 Å². The predicted molar refractivity (Wildman–Crippen MR) is 88.7 cm³/mol. The molecule has 3 rings (SSSR count). The average Bonchev–Trinajstić information content (AvgIpc) is 3.12. The summed E-state index contributed by atoms with van der Waals surface area (Å²) in [5.41, 5.74) is -0.299. The monoisotopic (exact) mass is 354 g/mol. The first-order valence-electron chi connectivity index (χ1n) is 8.27. The largest absolute Gasteiger partial charge is 0.355 e. The zero-order chi connectivity index (χ0) is 17.4. The van der Waals surface area contributed by atoms with Gasteiger partial charge in [-0.15, -0.1) is 0 Å². The standard InChI is InChI=1S/C17H23FN2O3S/c1-16(12-17(16)6-8-19-9-7-17)15(21)20-10-11-24(22,23)14-4-2-13(18)3-5-14/h2-5,19H,6-12H2,1H3,(H,20,21). The number of rotatable bonds is 5. The fraction of sp³-hybridized carbons (Fsp3) is 0.588. The molecule has 1 unspecified atom stereocenters. The number of amides is 1. The van der Waals surface area contributed by atoms with E-state index < -0.39 is 15.7 Å². The van der Waals surface area contributed by atoms with Gasteiger partial charge in [-0.3, -0.25) is 4.79 Å². The van der Waals surface area contributed by atoms with Crippen molar-refractivity contribution in [2.75, 3.05) is 25.4 Å². The number of hydrogen-bond acceptors (Lipinski definition) is 4. The summed E-state index contributed by atoms with van der Waals surface area (Å²) in [4.78, 5) is 12.6. The number of halogens is 1. The third kappa shape index (κ3) is 3.07. The molecular weight excluding hydrogens is 331 g/mol. The molecule has 0 aromatic heterocycles. The van der Waals surface area contributed by atoms with Crippen LogP contribution in [0.4, 0.5) is 4.39 Å². The summed E-state index contributed by atoms with van der Waals surface area (Å²) in [6.45, 7) is 3.91. The van der Waals surface area contributed by atoms with Gasteiger partial charge in [-0.2, -0.15) is 0 Å². The summed E-state index contributed by atoms with van der Waals surface area (Å²) in [5.74, 6) is -0.718. The molecule has 1 spiro atoms. The molecule has 0 bridgehead atoms. The van der Waals surface area contributed by atoms with Crippen molar-refractivity contribution in [1.82, 2.24) is 10.6 Å². The lowest BCUT2D eigenvalue weighted by Crippen LogP contribution is -2.39. The fourth-order valence-electron chi connectivity index (χ4n) is 3.84. The second-order valence-electron chi connectivity index (χ2n) is 7.07. The Morgan fingerprint density at radius 2 is 1.88 bits per heavy atom. The summed E-state index contributed by atoms with van der Waals surface area (Å²) in [6, 6.07) is 4.74. The third-order valence-corrected chi connectivity index (χ3v) is 7.36. The predicted octanol–water partition coefficient (Wildman–Crippen LogP) is 1.50. The van der Waals surface area contributed by atoms with Crippen LogP contribution in [0.3, 0.4) is 0 Å². The van der Waals surface area contributed by atoms with Crippen LogP contribution in [0.1, 0.15) is 26.2 Å². The van der Waals surface area contributed by atoms with E-state index in [-0.39, 0.29) is 33.9 Å². The molecule has 1 saturated heterocycles. The van der Waals surface area contributed by atoms with Crippen molar-refractivity contribution in [2.24, 2.45) is 10.8 Å². The number of benzene rings is 1. The van der Waals surface area contributed by atoms with E-state index in [0.717, 1.165) is 44.5 Å². The van der Waals surface area contributed by atoms with Crippen LogP contribution >= 0.6 is 0 Å². The van der Waals surface area contributed by atoms with Crippen molar-refractivity contribution >= 4 is 15.7 Å². The van der Waals surface area contributed by atoms with Gasteiger partial charge < -0.3 is 10.6 Å². The van der Waals surface area contributed by atoms with Gasteiger partial charge in [-0.25, -0.2) is 12.8 Å². The van der Waals surface area contributed by atoms with Gasteiger partial charge in [0.25, 0.3) is 0 Å². The second kappa shape index (κ2) is 6.11. The molecule has 1 atom stereocenters. The SMILES string of the molecule is CC1(C(=O)NCCS(=O)(=O)c2ccc(F)cc2)CC12CCNCC2. The minimum Gasteiger partial charge on any atom is -0.355 e. The Morgan fingerprint density at radius 3 is 2.50 bits per heavy atom. The van der Waals surface area contributed by atoms with Crippen molar-refractivity contribution in [2.45, 2.75) is 31.1 Å². The van der Waals surface area contributed by atoms with Crippen LogP contribution in [0.2, 0.25) is 0 Å². The molecule has 0 radical (unpaired) electrons. The molecule has 132 valence electrons. The van der Waals surface area contributed by atoms with E-state index in [9.17, 15) is 17.6 Å². The summed E-state index contributed by atoms with van der Waals surface area (Å²) < 4.78 is 37.3. The first kappa shape index (κ1) is 17.4. The lowest BCUT2D eigenvalue weighted by molar-refractivity contribution is -0.127. The molecule has 1 aromatic carbocycles. The quantitative estimate of drug-likeness (QED) is 0.786. The minimum absolute atomic E-state index is 0.0568. The van der Waals surface area contributed by atoms with Gasteiger partial charge in [0.1, 0.15) is 5.82 Å². The number of piperidine rings is 1. The number of carbonyl (C=O) groups is 1. The Kier molecular flexibility index (Phi) is 4.42. The smallest absolute Gasteiger partial charge is 0.226 e. The zero-order valence-corrected chi connectivity index (χ0v) is 14.6. The highest BCUT2D eigenvalue weighted by molar-refractivity contribution is 7.91. The molecule has 1 aliphatic carbocycles. The van der Waals surface area contributed by atoms with E-state index in [2.05, 4.69) is 10.6 Å². The van der Waals surface area contributed by atoms with E-state index in [1.165, 1.54) is 12.1 Å². The Morgan fingerprint density at radius 1 is 1.25 bits per heavy atom. The Bertz CT molecular complexity index is 727. The van der Waals surface area contributed by atoms with Gasteiger partial charge >= 0.3 is 0 Å². The summed E-state index contributed by atoms with van der Waals surface area (Å²) in [7, 11) is -3.52. The van der Waals surface area contributed by atoms with Gasteiger partial charge in [0.15, 0.2) is 9.84 Å². The van der Waals surface area contributed by atoms with Crippen LogP contribution in [-0.2, 0) is 14.6 Å². The van der Waals surface area contributed by atoms with Crippen LogP contribution in [-0.4, -0.2) is 39.7 Å². The molecule has 1 saturated carbocycles. The first-order valence-corrected chi connectivity index (χ1v) is 9.92. The maximum Gasteiger partial charge on any atom is 0.226 e. The second-order valence-corrected chi connectivity index (χ2v) is 9.18. The molecule has 2 fully saturated rings. The van der Waals surface area contributed by atoms with Crippen molar-refractivity contribution in [1.29, 1.82) is 0 Å². The van der Waals surface area contributed by atoms with Crippen molar-refractivity contribution in [3.63, 3.8) is 0 Å². The number of nitrogens with one attached hydrogen (secondary N) is 2. The molecule has 7 heteroatoms. The Balaban J connectivity index is 1.55. The van der Waals surface area contributed by atoms with E-state index in [1.54, 1.807) is 0 Å². The highest BCUT2D eigenvalue weighted by atomic mass is 32.2. The molecule has 5 nitrogen and oxygen atoms in total. The van der Waals surface area contributed by atoms with Gasteiger partial charge in [0, 0.05) is 6.54 Å². The molecule has 24 heavy (non-hydrogen) atoms. The summed E-state index contributed by atoms with van der Waals surface area (Å²) >= 11 is 0. The minimum atomic E-state index is -3.52. The number of sulfone groups is 1. The van der Waals surface area contributed by atoms with E-state index in [4.69, 9.17) is 0 Å². The normalized spacial score (nSPS) is 25.4. The number of carbonyl (C=O) groups excluding carboxylic acids is 1. The van der Waals surface area contributed by atoms with Gasteiger partial charge in [-0.05, 0) is 62.0 Å². The molecule has 1 aromatic rings. The Hall–Kier alpha value is -1.47. The maximum atomic E-state index is 12.9. The van der Waals surface area contributed by atoms with Crippen molar-refractivity contribution in [3.8, 4) is 0 Å². The molecule has 1 heterocycles. The number of hydrogen-bond donors (Lipinski definition) is 2. The third-order valence-electron chi connectivity index (χ3n) is 5.63. The lowest BCUT2D eigenvalue weighted by atomic mass is 9.85. The van der Waals surface area contributed by atoms with E-state index in [0.29, 0.717) is 0 Å². The average molecular weight is 354 g/mol. The summed E-state index contributed by atoms with van der Waals surface area (Å²) in [6.07, 6.45) is 2.85. The first-order chi connectivity index (χ1) is 11.3. The zero-order valence-electron chi connectivity index (χ0n) is 13.8. The van der Waals surface area contributed by atoms with Gasteiger partial charge in [0.2, 0.25) is 5.91 Å². The van der Waals surface area contributed by atoms with E-state index in [1.807, 2.05) is 6.92 Å². The fourth-order valence-corrected chi connectivity index (χ4v) is 5.00. The highest BCUT2D eigenvalue weighted by Crippen LogP contribution is 2.68. The molecule has 2 N–H and O–H groups in total. The van der Waals surface area contributed by atoms with Crippen LogP contribution in [0.5, 0.6) is 0 Å². The topological polar surface area (TPSA) is 75.3 Å².